The Balaban J connectivity index is 1.64. The van der Waals surface area contributed by atoms with Crippen LogP contribution in [0.1, 0.15) is 43.8 Å². The molecule has 1 saturated carbocycles. The molecule has 4 heteroatoms. The van der Waals surface area contributed by atoms with Gasteiger partial charge in [0, 0.05) is 19.2 Å². The van der Waals surface area contributed by atoms with Gasteiger partial charge in [0.2, 0.25) is 0 Å². The number of benzene rings is 1. The van der Waals surface area contributed by atoms with Crippen LogP contribution in [0, 0.1) is 17.6 Å². The van der Waals surface area contributed by atoms with Crippen LogP contribution in [0.3, 0.4) is 0 Å². The van der Waals surface area contributed by atoms with Crippen LogP contribution in [0.25, 0.3) is 0 Å². The molecule has 0 radical (unpaired) electrons. The molecule has 20 heavy (non-hydrogen) atoms. The predicted molar refractivity (Wildman–Crippen MR) is 73.4 cm³/mol. The molecular formula is C16H21F2NO. The average molecular weight is 281 g/mol. The molecule has 1 aromatic carbocycles. The zero-order valence-corrected chi connectivity index (χ0v) is 11.6. The third-order valence-corrected chi connectivity index (χ3v) is 4.39. The summed E-state index contributed by atoms with van der Waals surface area (Å²) in [4.78, 5) is 0. The van der Waals surface area contributed by atoms with Crippen LogP contribution in [0.4, 0.5) is 8.78 Å². The summed E-state index contributed by atoms with van der Waals surface area (Å²) in [7, 11) is 0. The molecule has 1 aliphatic carbocycles. The van der Waals surface area contributed by atoms with Crippen molar-refractivity contribution in [2.24, 2.45) is 5.92 Å². The fraction of sp³-hybridized carbons (Fsp3) is 0.625. The maximum Gasteiger partial charge on any atom is 0.126 e. The molecule has 2 fully saturated rings. The van der Waals surface area contributed by atoms with Gasteiger partial charge in [-0.05, 0) is 30.0 Å². The van der Waals surface area contributed by atoms with E-state index in [9.17, 15) is 8.78 Å². The van der Waals surface area contributed by atoms with Gasteiger partial charge in [-0.25, -0.2) is 8.78 Å². The lowest BCUT2D eigenvalue weighted by molar-refractivity contribution is -0.0491. The summed E-state index contributed by atoms with van der Waals surface area (Å²) in [6, 6.07) is 3.64. The van der Waals surface area contributed by atoms with Gasteiger partial charge in [-0.2, -0.15) is 0 Å². The smallest absolute Gasteiger partial charge is 0.126 e. The van der Waals surface area contributed by atoms with E-state index in [2.05, 4.69) is 5.32 Å². The van der Waals surface area contributed by atoms with Gasteiger partial charge in [0.25, 0.3) is 0 Å². The Bertz CT molecular complexity index is 440. The van der Waals surface area contributed by atoms with E-state index in [0.29, 0.717) is 12.1 Å². The van der Waals surface area contributed by atoms with E-state index in [0.717, 1.165) is 24.9 Å². The van der Waals surface area contributed by atoms with Crippen molar-refractivity contribution in [2.45, 2.75) is 44.3 Å². The number of halogens is 2. The van der Waals surface area contributed by atoms with Crippen molar-refractivity contribution in [2.75, 3.05) is 13.1 Å². The van der Waals surface area contributed by atoms with Crippen molar-refractivity contribution in [3.63, 3.8) is 0 Å². The molecule has 1 heterocycles. The molecule has 0 amide bonds. The van der Waals surface area contributed by atoms with E-state index in [1.165, 1.54) is 37.8 Å². The summed E-state index contributed by atoms with van der Waals surface area (Å²) in [6.45, 7) is 1.45. The highest BCUT2D eigenvalue weighted by Crippen LogP contribution is 2.32. The topological polar surface area (TPSA) is 21.3 Å². The van der Waals surface area contributed by atoms with Crippen molar-refractivity contribution in [1.29, 1.82) is 0 Å². The van der Waals surface area contributed by atoms with Gasteiger partial charge < -0.3 is 10.1 Å². The number of morpholine rings is 1. The fourth-order valence-corrected chi connectivity index (χ4v) is 3.42. The van der Waals surface area contributed by atoms with Gasteiger partial charge in [-0.1, -0.05) is 25.7 Å². The van der Waals surface area contributed by atoms with E-state index in [4.69, 9.17) is 4.74 Å². The van der Waals surface area contributed by atoms with Crippen LogP contribution in [0.2, 0.25) is 0 Å². The number of ether oxygens (including phenoxy) is 1. The van der Waals surface area contributed by atoms with Crippen LogP contribution in [0.15, 0.2) is 18.2 Å². The molecule has 1 N–H and O–H groups in total. The number of rotatable bonds is 3. The summed E-state index contributed by atoms with van der Waals surface area (Å²) in [5.74, 6) is -0.326. The summed E-state index contributed by atoms with van der Waals surface area (Å²) < 4.78 is 32.6. The minimum atomic E-state index is -0.540. The zero-order valence-electron chi connectivity index (χ0n) is 11.6. The summed E-state index contributed by atoms with van der Waals surface area (Å²) in [6.07, 6.45) is 6.19. The van der Waals surface area contributed by atoms with Crippen molar-refractivity contribution in [3.05, 3.63) is 35.4 Å². The van der Waals surface area contributed by atoms with Gasteiger partial charge in [0.05, 0.1) is 12.2 Å². The van der Waals surface area contributed by atoms with Gasteiger partial charge >= 0.3 is 0 Å². The van der Waals surface area contributed by atoms with Gasteiger partial charge in [0.15, 0.2) is 0 Å². The molecular weight excluding hydrogens is 260 g/mol. The minimum Gasteiger partial charge on any atom is -0.368 e. The molecule has 2 aliphatic rings. The predicted octanol–water partition coefficient (Wildman–Crippen LogP) is 3.57. The van der Waals surface area contributed by atoms with E-state index < -0.39 is 11.6 Å². The molecule has 0 bridgehead atoms. The zero-order chi connectivity index (χ0) is 13.9. The summed E-state index contributed by atoms with van der Waals surface area (Å²) in [5, 5.41) is 3.33. The second kappa shape index (κ2) is 6.19. The third-order valence-electron chi connectivity index (χ3n) is 4.39. The fourth-order valence-electron chi connectivity index (χ4n) is 3.42. The summed E-state index contributed by atoms with van der Waals surface area (Å²) in [5.41, 5.74) is 0.589. The van der Waals surface area contributed by atoms with E-state index >= 15 is 0 Å². The molecule has 1 aliphatic heterocycles. The molecule has 1 aromatic rings. The molecule has 0 aromatic heterocycles. The Kier molecular flexibility index (Phi) is 4.32. The Hall–Kier alpha value is -1.00. The van der Waals surface area contributed by atoms with Crippen LogP contribution in [-0.4, -0.2) is 19.2 Å². The highest BCUT2D eigenvalue weighted by Gasteiger charge is 2.27. The Morgan fingerprint density at radius 3 is 2.45 bits per heavy atom. The number of hydrogen-bond donors (Lipinski definition) is 1. The molecule has 1 saturated heterocycles. The highest BCUT2D eigenvalue weighted by atomic mass is 19.1. The standard InChI is InChI=1S/C16H21F2NO/c17-13-6-12(7-14(18)8-13)16-10-19-9-15(20-16)5-11-3-1-2-4-11/h6-8,11,15-16,19H,1-5,9-10H2. The van der Waals surface area contributed by atoms with Crippen molar-refractivity contribution < 1.29 is 13.5 Å². The van der Waals surface area contributed by atoms with Crippen LogP contribution < -0.4 is 5.32 Å². The van der Waals surface area contributed by atoms with Gasteiger partial charge in [0.1, 0.15) is 11.6 Å². The van der Waals surface area contributed by atoms with Crippen LogP contribution in [0.5, 0.6) is 0 Å². The van der Waals surface area contributed by atoms with Crippen LogP contribution in [-0.2, 0) is 4.74 Å². The average Bonchev–Trinajstić information content (AvgIpc) is 2.91. The van der Waals surface area contributed by atoms with E-state index in [1.54, 1.807) is 0 Å². The molecule has 2 atom stereocenters. The molecule has 2 unspecified atom stereocenters. The lowest BCUT2D eigenvalue weighted by Crippen LogP contribution is -2.41. The minimum absolute atomic E-state index is 0.156. The number of nitrogens with one attached hydrogen (secondary N) is 1. The number of hydrogen-bond acceptors (Lipinski definition) is 2. The first kappa shape index (κ1) is 14.0. The molecule has 0 spiro atoms. The van der Waals surface area contributed by atoms with E-state index in [-0.39, 0.29) is 12.2 Å². The Morgan fingerprint density at radius 1 is 1.05 bits per heavy atom. The van der Waals surface area contributed by atoms with Crippen molar-refractivity contribution in [3.8, 4) is 0 Å². The highest BCUT2D eigenvalue weighted by molar-refractivity contribution is 5.21. The van der Waals surface area contributed by atoms with Crippen LogP contribution >= 0.6 is 0 Å². The first-order valence-corrected chi connectivity index (χ1v) is 7.53. The lowest BCUT2D eigenvalue weighted by atomic mass is 9.98. The molecule has 3 rings (SSSR count). The van der Waals surface area contributed by atoms with Crippen molar-refractivity contribution in [1.82, 2.24) is 5.32 Å². The third kappa shape index (κ3) is 3.36. The second-order valence-electron chi connectivity index (χ2n) is 5.99. The Labute approximate surface area is 118 Å². The van der Waals surface area contributed by atoms with Gasteiger partial charge in [-0.15, -0.1) is 0 Å². The molecule has 2 nitrogen and oxygen atoms in total. The first-order valence-electron chi connectivity index (χ1n) is 7.53. The maximum atomic E-state index is 13.3. The second-order valence-corrected chi connectivity index (χ2v) is 5.99. The maximum absolute atomic E-state index is 13.3. The van der Waals surface area contributed by atoms with E-state index in [1.807, 2.05) is 0 Å². The quantitative estimate of drug-likeness (QED) is 0.914. The SMILES string of the molecule is Fc1cc(F)cc(C2CNCC(CC3CCCC3)O2)c1. The largest absolute Gasteiger partial charge is 0.368 e. The monoisotopic (exact) mass is 281 g/mol. The Morgan fingerprint density at radius 2 is 1.75 bits per heavy atom. The summed E-state index contributed by atoms with van der Waals surface area (Å²) >= 11 is 0. The van der Waals surface area contributed by atoms with Gasteiger partial charge in [-0.3, -0.25) is 0 Å². The lowest BCUT2D eigenvalue weighted by Gasteiger charge is -2.32. The normalized spacial score (nSPS) is 27.9. The first-order chi connectivity index (χ1) is 9.70. The molecule has 110 valence electrons. The van der Waals surface area contributed by atoms with Crippen molar-refractivity contribution >= 4 is 0 Å².